The van der Waals surface area contributed by atoms with Gasteiger partial charge in [0, 0.05) is 28.0 Å². The Hall–Kier alpha value is -5.08. The van der Waals surface area contributed by atoms with E-state index < -0.39 is 0 Å². The first kappa shape index (κ1) is 21.0. The van der Waals surface area contributed by atoms with E-state index in [4.69, 9.17) is 0 Å². The zero-order valence-corrected chi connectivity index (χ0v) is 20.8. The Balaban J connectivity index is 1.28. The molecule has 38 heavy (non-hydrogen) atoms. The van der Waals surface area contributed by atoms with Gasteiger partial charge in [-0.05, 0) is 70.4 Å². The number of benzene rings is 6. The molecule has 8 aromatic rings. The highest BCUT2D eigenvalue weighted by atomic mass is 15.0. The molecule has 0 aliphatic heterocycles. The number of aromatic nitrogens is 2. The molecule has 8 rings (SSSR count). The van der Waals surface area contributed by atoms with Crippen LogP contribution in [-0.2, 0) is 0 Å². The lowest BCUT2D eigenvalue weighted by Gasteiger charge is -2.12. The Morgan fingerprint density at radius 1 is 0.395 bits per heavy atom. The summed E-state index contributed by atoms with van der Waals surface area (Å²) in [6.07, 6.45) is 2.15. The van der Waals surface area contributed by atoms with Crippen LogP contribution < -0.4 is 0 Å². The molecule has 2 heteroatoms. The van der Waals surface area contributed by atoms with Gasteiger partial charge in [0.1, 0.15) is 0 Å². The van der Waals surface area contributed by atoms with Crippen LogP contribution >= 0.6 is 0 Å². The zero-order chi connectivity index (χ0) is 25.1. The monoisotopic (exact) mass is 484 g/mol. The summed E-state index contributed by atoms with van der Waals surface area (Å²) in [5.41, 5.74) is 8.50. The molecular formula is C36H24N2. The number of nitrogens with zero attached hydrogens (tertiary/aromatic N) is 2. The van der Waals surface area contributed by atoms with Gasteiger partial charge in [0.05, 0.1) is 22.2 Å². The second kappa shape index (κ2) is 8.22. The molecule has 0 saturated carbocycles. The van der Waals surface area contributed by atoms with E-state index in [0.29, 0.717) is 0 Å². The van der Waals surface area contributed by atoms with Crippen molar-refractivity contribution in [3.05, 3.63) is 146 Å². The molecule has 2 nitrogen and oxygen atoms in total. The van der Waals surface area contributed by atoms with Crippen molar-refractivity contribution in [1.29, 1.82) is 0 Å². The lowest BCUT2D eigenvalue weighted by Crippen LogP contribution is -1.95. The smallest absolute Gasteiger partial charge is 0.0541 e. The van der Waals surface area contributed by atoms with E-state index in [1.807, 2.05) is 0 Å². The zero-order valence-electron chi connectivity index (χ0n) is 20.8. The van der Waals surface area contributed by atoms with E-state index in [-0.39, 0.29) is 0 Å². The molecule has 0 aliphatic rings. The normalized spacial score (nSPS) is 11.7. The Morgan fingerprint density at radius 2 is 1.05 bits per heavy atom. The third-order valence-electron chi connectivity index (χ3n) is 7.76. The number of hydrogen-bond donors (Lipinski definition) is 0. The first-order valence-corrected chi connectivity index (χ1v) is 13.0. The number of fused-ring (bicyclic) bond motifs is 5. The maximum absolute atomic E-state index is 2.41. The second-order valence-electron chi connectivity index (χ2n) is 9.87. The van der Waals surface area contributed by atoms with Gasteiger partial charge in [0.25, 0.3) is 0 Å². The van der Waals surface area contributed by atoms with Gasteiger partial charge in [-0.25, -0.2) is 0 Å². The van der Waals surface area contributed by atoms with Gasteiger partial charge >= 0.3 is 0 Å². The third-order valence-corrected chi connectivity index (χ3v) is 7.76. The molecule has 0 bridgehead atoms. The Labute approximate surface area is 220 Å². The lowest BCUT2D eigenvalue weighted by molar-refractivity contribution is 1.13. The second-order valence-corrected chi connectivity index (χ2v) is 9.87. The van der Waals surface area contributed by atoms with Gasteiger partial charge in [-0.1, -0.05) is 91.0 Å². The molecular weight excluding hydrogens is 460 g/mol. The summed E-state index contributed by atoms with van der Waals surface area (Å²) in [6, 6.07) is 50.4. The van der Waals surface area contributed by atoms with Crippen LogP contribution in [0.25, 0.3) is 66.0 Å². The molecule has 0 unspecified atom stereocenters. The fourth-order valence-electron chi connectivity index (χ4n) is 5.94. The predicted octanol–water partition coefficient (Wildman–Crippen LogP) is 9.55. The van der Waals surface area contributed by atoms with Crippen molar-refractivity contribution in [2.75, 3.05) is 0 Å². The number of hydrogen-bond acceptors (Lipinski definition) is 0. The highest BCUT2D eigenvalue weighted by molar-refractivity contribution is 6.11. The van der Waals surface area contributed by atoms with Crippen LogP contribution in [0.2, 0.25) is 0 Å². The summed E-state index contributed by atoms with van der Waals surface area (Å²) < 4.78 is 4.66. The molecule has 2 heterocycles. The quantitative estimate of drug-likeness (QED) is 0.236. The Bertz CT molecular complexity index is 2120. The molecule has 0 fully saturated rings. The van der Waals surface area contributed by atoms with Crippen LogP contribution in [0.1, 0.15) is 0 Å². The van der Waals surface area contributed by atoms with Crippen LogP contribution in [0, 0.1) is 0 Å². The van der Waals surface area contributed by atoms with Crippen LogP contribution in [0.3, 0.4) is 0 Å². The maximum Gasteiger partial charge on any atom is 0.0541 e. The number of rotatable bonds is 3. The van der Waals surface area contributed by atoms with E-state index in [9.17, 15) is 0 Å². The van der Waals surface area contributed by atoms with Crippen LogP contribution in [0.15, 0.2) is 146 Å². The van der Waals surface area contributed by atoms with Crippen molar-refractivity contribution in [3.63, 3.8) is 0 Å². The van der Waals surface area contributed by atoms with E-state index in [0.717, 1.165) is 0 Å². The fourth-order valence-corrected chi connectivity index (χ4v) is 5.94. The minimum absolute atomic E-state index is 1.17. The number of para-hydroxylation sites is 2. The molecule has 0 aliphatic carbocycles. The molecule has 0 N–H and O–H groups in total. The summed E-state index contributed by atoms with van der Waals surface area (Å²) >= 11 is 0. The van der Waals surface area contributed by atoms with E-state index in [1.54, 1.807) is 0 Å². The first-order chi connectivity index (χ1) is 18.8. The highest BCUT2D eigenvalue weighted by Gasteiger charge is 2.15. The molecule has 0 saturated heterocycles. The average molecular weight is 485 g/mol. The summed E-state index contributed by atoms with van der Waals surface area (Å²) in [5, 5.41) is 6.31. The van der Waals surface area contributed by atoms with E-state index in [1.165, 1.54) is 66.0 Å². The van der Waals surface area contributed by atoms with Crippen molar-refractivity contribution in [2.45, 2.75) is 0 Å². The topological polar surface area (TPSA) is 9.86 Å². The fraction of sp³-hybridized carbons (Fsp3) is 0. The standard InChI is InChI=1S/C36H24N2/c1-3-11-30-26(8-1)10-7-15-34(30)38-35-14-6-4-12-31(35)32-24-28(18-21-36(32)38)25-16-19-29(20-17-25)37-23-22-27-9-2-5-13-33(27)37/h1-24H. The van der Waals surface area contributed by atoms with Crippen molar-refractivity contribution >= 4 is 43.5 Å². The lowest BCUT2D eigenvalue weighted by atomic mass is 10.0. The van der Waals surface area contributed by atoms with Gasteiger partial charge in [-0.15, -0.1) is 0 Å². The summed E-state index contributed by atoms with van der Waals surface area (Å²) in [4.78, 5) is 0. The maximum atomic E-state index is 2.41. The molecule has 178 valence electrons. The molecule has 0 radical (unpaired) electrons. The van der Waals surface area contributed by atoms with Gasteiger partial charge < -0.3 is 9.13 Å². The van der Waals surface area contributed by atoms with E-state index >= 15 is 0 Å². The van der Waals surface area contributed by atoms with Crippen molar-refractivity contribution in [3.8, 4) is 22.5 Å². The molecule has 0 atom stereocenters. The average Bonchev–Trinajstić information content (AvgIpc) is 3.56. The van der Waals surface area contributed by atoms with Crippen LogP contribution in [0.5, 0.6) is 0 Å². The summed E-state index contributed by atoms with van der Waals surface area (Å²) in [5.74, 6) is 0. The van der Waals surface area contributed by atoms with Crippen LogP contribution in [0.4, 0.5) is 0 Å². The van der Waals surface area contributed by atoms with Gasteiger partial charge in [-0.3, -0.25) is 0 Å². The Kier molecular flexibility index (Phi) is 4.55. The molecule has 0 spiro atoms. The molecule has 6 aromatic carbocycles. The summed E-state index contributed by atoms with van der Waals surface area (Å²) in [6.45, 7) is 0. The summed E-state index contributed by atoms with van der Waals surface area (Å²) in [7, 11) is 0. The minimum atomic E-state index is 1.17. The highest BCUT2D eigenvalue weighted by Crippen LogP contribution is 2.37. The van der Waals surface area contributed by atoms with Crippen molar-refractivity contribution < 1.29 is 0 Å². The van der Waals surface area contributed by atoms with Crippen LogP contribution in [-0.4, -0.2) is 9.13 Å². The first-order valence-electron chi connectivity index (χ1n) is 13.0. The van der Waals surface area contributed by atoms with Gasteiger partial charge in [0.15, 0.2) is 0 Å². The van der Waals surface area contributed by atoms with Gasteiger partial charge in [-0.2, -0.15) is 0 Å². The van der Waals surface area contributed by atoms with E-state index in [2.05, 4.69) is 155 Å². The third kappa shape index (κ3) is 3.14. The SMILES string of the molecule is c1ccc2c(-n3c4ccccc4c4cc(-c5ccc(-n6ccc7ccccc76)cc5)ccc43)cccc2c1. The Morgan fingerprint density at radius 3 is 1.92 bits per heavy atom. The van der Waals surface area contributed by atoms with Crippen molar-refractivity contribution in [1.82, 2.24) is 9.13 Å². The van der Waals surface area contributed by atoms with Gasteiger partial charge in [0.2, 0.25) is 0 Å². The molecule has 2 aromatic heterocycles. The van der Waals surface area contributed by atoms with Crippen molar-refractivity contribution in [2.24, 2.45) is 0 Å². The predicted molar refractivity (Wildman–Crippen MR) is 161 cm³/mol. The molecule has 0 amide bonds. The largest absolute Gasteiger partial charge is 0.317 e. The minimum Gasteiger partial charge on any atom is -0.317 e.